The van der Waals surface area contributed by atoms with Crippen LogP contribution in [-0.4, -0.2) is 38.3 Å². The molecular weight excluding hydrogens is 376 g/mol. The molecule has 6 nitrogen and oxygen atoms in total. The maximum absolute atomic E-state index is 12.9. The van der Waals surface area contributed by atoms with Crippen molar-refractivity contribution in [1.29, 1.82) is 0 Å². The summed E-state index contributed by atoms with van der Waals surface area (Å²) < 4.78 is 32.2. The van der Waals surface area contributed by atoms with E-state index in [0.717, 1.165) is 0 Å². The Hall–Kier alpha value is -2.09. The number of hydrogen-bond donors (Lipinski definition) is 1. The van der Waals surface area contributed by atoms with Gasteiger partial charge in [0.15, 0.2) is 0 Å². The normalized spacial score (nSPS) is 17.8. The number of carbonyl (C=O) groups excluding carboxylic acids is 1. The first kappa shape index (κ1) is 18.7. The summed E-state index contributed by atoms with van der Waals surface area (Å²) in [5.74, 6) is 0.258. The van der Waals surface area contributed by atoms with Crippen molar-refractivity contribution in [1.82, 2.24) is 4.31 Å². The number of carbonyl (C=O) groups is 1. The minimum absolute atomic E-state index is 0.128. The van der Waals surface area contributed by atoms with Gasteiger partial charge in [-0.3, -0.25) is 4.79 Å². The molecule has 0 radical (unpaired) electrons. The fourth-order valence-electron chi connectivity index (χ4n) is 2.96. The lowest BCUT2D eigenvalue weighted by Crippen LogP contribution is -2.43. The number of nitrogens with zero attached hydrogens (tertiary/aromatic N) is 1. The maximum Gasteiger partial charge on any atom is 0.243 e. The molecule has 1 fully saturated rings. The Labute approximate surface area is 157 Å². The summed E-state index contributed by atoms with van der Waals surface area (Å²) >= 11 is 5.83. The topological polar surface area (TPSA) is 75.7 Å². The van der Waals surface area contributed by atoms with E-state index in [1.807, 2.05) is 0 Å². The van der Waals surface area contributed by atoms with Crippen molar-refractivity contribution < 1.29 is 17.9 Å². The summed E-state index contributed by atoms with van der Waals surface area (Å²) in [7, 11) is -2.23. The summed E-state index contributed by atoms with van der Waals surface area (Å²) in [6.45, 7) is 0.307. The van der Waals surface area contributed by atoms with Gasteiger partial charge >= 0.3 is 0 Å². The van der Waals surface area contributed by atoms with Gasteiger partial charge in [0.1, 0.15) is 11.8 Å². The number of nitrogens with one attached hydrogen (secondary N) is 1. The number of amides is 1. The van der Waals surface area contributed by atoms with Crippen molar-refractivity contribution >= 4 is 33.2 Å². The maximum atomic E-state index is 12.9. The monoisotopic (exact) mass is 394 g/mol. The van der Waals surface area contributed by atoms with Crippen molar-refractivity contribution in [2.75, 3.05) is 19.0 Å². The van der Waals surface area contributed by atoms with Crippen LogP contribution in [0.5, 0.6) is 5.75 Å². The number of sulfonamides is 1. The lowest BCUT2D eigenvalue weighted by atomic mass is 10.2. The molecule has 1 aliphatic rings. The Morgan fingerprint density at radius 1 is 1.23 bits per heavy atom. The summed E-state index contributed by atoms with van der Waals surface area (Å²) in [5, 5.41) is 3.23. The fraction of sp³-hybridized carbons (Fsp3) is 0.278. The van der Waals surface area contributed by atoms with Crippen LogP contribution < -0.4 is 10.1 Å². The molecular formula is C18H19ClN2O4S. The molecule has 2 aromatic carbocycles. The number of rotatable bonds is 5. The first-order chi connectivity index (χ1) is 12.4. The molecule has 1 aliphatic heterocycles. The van der Waals surface area contributed by atoms with Crippen LogP contribution in [0.2, 0.25) is 5.02 Å². The first-order valence-electron chi connectivity index (χ1n) is 8.14. The van der Waals surface area contributed by atoms with E-state index in [1.165, 1.54) is 28.6 Å². The molecule has 1 heterocycles. The van der Waals surface area contributed by atoms with Crippen molar-refractivity contribution in [3.63, 3.8) is 0 Å². The van der Waals surface area contributed by atoms with Gasteiger partial charge in [0.2, 0.25) is 15.9 Å². The molecule has 0 aliphatic carbocycles. The highest BCUT2D eigenvalue weighted by atomic mass is 35.5. The largest absolute Gasteiger partial charge is 0.497 e. The zero-order valence-electron chi connectivity index (χ0n) is 14.2. The molecule has 0 unspecified atom stereocenters. The van der Waals surface area contributed by atoms with E-state index in [1.54, 1.807) is 31.4 Å². The number of halogens is 1. The molecule has 1 saturated heterocycles. The Morgan fingerprint density at radius 2 is 1.96 bits per heavy atom. The third-order valence-electron chi connectivity index (χ3n) is 4.26. The molecule has 138 valence electrons. The quantitative estimate of drug-likeness (QED) is 0.845. The van der Waals surface area contributed by atoms with Gasteiger partial charge in [-0.15, -0.1) is 0 Å². The van der Waals surface area contributed by atoms with Gasteiger partial charge in [0, 0.05) is 23.3 Å². The predicted molar refractivity (Wildman–Crippen MR) is 100.0 cm³/mol. The molecule has 0 saturated carbocycles. The molecule has 1 N–H and O–H groups in total. The number of hydrogen-bond acceptors (Lipinski definition) is 4. The number of methoxy groups -OCH3 is 1. The lowest BCUT2D eigenvalue weighted by molar-refractivity contribution is -0.119. The number of benzene rings is 2. The van der Waals surface area contributed by atoms with E-state index in [2.05, 4.69) is 5.32 Å². The zero-order valence-corrected chi connectivity index (χ0v) is 15.8. The summed E-state index contributed by atoms with van der Waals surface area (Å²) in [6, 6.07) is 12.1. The van der Waals surface area contributed by atoms with Gasteiger partial charge in [-0.2, -0.15) is 4.31 Å². The molecule has 3 rings (SSSR count). The van der Waals surface area contributed by atoms with Crippen LogP contribution in [0.1, 0.15) is 12.8 Å². The molecule has 26 heavy (non-hydrogen) atoms. The second-order valence-electron chi connectivity index (χ2n) is 5.95. The van der Waals surface area contributed by atoms with Crippen LogP contribution in [0, 0.1) is 0 Å². The Morgan fingerprint density at radius 3 is 2.65 bits per heavy atom. The smallest absolute Gasteiger partial charge is 0.243 e. The van der Waals surface area contributed by atoms with Crippen LogP contribution in [0.25, 0.3) is 0 Å². The fourth-order valence-corrected chi connectivity index (χ4v) is 4.74. The third-order valence-corrected chi connectivity index (χ3v) is 6.44. The zero-order chi connectivity index (χ0) is 18.7. The lowest BCUT2D eigenvalue weighted by Gasteiger charge is -2.23. The molecule has 0 aromatic heterocycles. The van der Waals surface area contributed by atoms with Crippen LogP contribution in [-0.2, 0) is 14.8 Å². The van der Waals surface area contributed by atoms with E-state index in [-0.39, 0.29) is 10.8 Å². The molecule has 0 bridgehead atoms. The Bertz CT molecular complexity index is 900. The minimum atomic E-state index is -3.77. The molecule has 1 atom stereocenters. The van der Waals surface area contributed by atoms with E-state index < -0.39 is 16.1 Å². The second-order valence-corrected chi connectivity index (χ2v) is 8.28. The summed E-state index contributed by atoms with van der Waals surface area (Å²) in [5.41, 5.74) is 0.560. The predicted octanol–water partition coefficient (Wildman–Crippen LogP) is 3.14. The van der Waals surface area contributed by atoms with E-state index >= 15 is 0 Å². The number of ether oxygens (including phenoxy) is 1. The Kier molecular flexibility index (Phi) is 5.50. The average Bonchev–Trinajstić information content (AvgIpc) is 3.13. The van der Waals surface area contributed by atoms with Gasteiger partial charge < -0.3 is 10.1 Å². The summed E-state index contributed by atoms with van der Waals surface area (Å²) in [6.07, 6.45) is 1.10. The summed E-state index contributed by atoms with van der Waals surface area (Å²) in [4.78, 5) is 12.8. The SMILES string of the molecule is COc1cccc(NC(=O)[C@H]2CCCN2S(=O)(=O)c2ccc(Cl)cc2)c1. The second kappa shape index (κ2) is 7.65. The minimum Gasteiger partial charge on any atom is -0.497 e. The standard InChI is InChI=1S/C18H19ClN2O4S/c1-25-15-5-2-4-14(12-15)20-18(22)17-6-3-11-21(17)26(23,24)16-9-7-13(19)8-10-16/h2,4-5,7-10,12,17H,3,6,11H2,1H3,(H,20,22)/t17-/m1/s1. The van der Waals surface area contributed by atoms with Gasteiger partial charge in [0.05, 0.1) is 12.0 Å². The van der Waals surface area contributed by atoms with Crippen LogP contribution in [0.4, 0.5) is 5.69 Å². The third kappa shape index (κ3) is 3.85. The van der Waals surface area contributed by atoms with Crippen molar-refractivity contribution in [2.45, 2.75) is 23.8 Å². The Balaban J connectivity index is 1.80. The van der Waals surface area contributed by atoms with Crippen molar-refractivity contribution in [3.05, 3.63) is 53.6 Å². The molecule has 2 aromatic rings. The highest BCUT2D eigenvalue weighted by Gasteiger charge is 2.39. The number of anilines is 1. The van der Waals surface area contributed by atoms with Crippen LogP contribution in [0.15, 0.2) is 53.4 Å². The van der Waals surface area contributed by atoms with Gasteiger partial charge in [-0.25, -0.2) is 8.42 Å². The molecule has 1 amide bonds. The highest BCUT2D eigenvalue weighted by Crippen LogP contribution is 2.28. The van der Waals surface area contributed by atoms with Crippen LogP contribution in [0.3, 0.4) is 0 Å². The van der Waals surface area contributed by atoms with Gasteiger partial charge in [-0.1, -0.05) is 17.7 Å². The van der Waals surface area contributed by atoms with E-state index in [9.17, 15) is 13.2 Å². The average molecular weight is 395 g/mol. The first-order valence-corrected chi connectivity index (χ1v) is 9.96. The highest BCUT2D eigenvalue weighted by molar-refractivity contribution is 7.89. The van der Waals surface area contributed by atoms with E-state index in [4.69, 9.17) is 16.3 Å². The molecule has 8 heteroatoms. The van der Waals surface area contributed by atoms with Crippen LogP contribution >= 0.6 is 11.6 Å². The van der Waals surface area contributed by atoms with Gasteiger partial charge in [-0.05, 0) is 49.2 Å². The molecule has 0 spiro atoms. The van der Waals surface area contributed by atoms with Crippen molar-refractivity contribution in [3.8, 4) is 5.75 Å². The van der Waals surface area contributed by atoms with Gasteiger partial charge in [0.25, 0.3) is 0 Å². The van der Waals surface area contributed by atoms with Crippen molar-refractivity contribution in [2.24, 2.45) is 0 Å². The van der Waals surface area contributed by atoms with E-state index in [0.29, 0.717) is 35.8 Å².